The summed E-state index contributed by atoms with van der Waals surface area (Å²) in [6, 6.07) is 7.42. The molecule has 2 heterocycles. The lowest BCUT2D eigenvalue weighted by atomic mass is 10.0. The second-order valence-corrected chi connectivity index (χ2v) is 6.93. The minimum absolute atomic E-state index is 0.0140. The number of thioether (sulfide) groups is 1. The molecule has 4 nitrogen and oxygen atoms in total. The fourth-order valence-electron chi connectivity index (χ4n) is 2.45. The van der Waals surface area contributed by atoms with Crippen molar-refractivity contribution in [1.82, 2.24) is 9.78 Å². The van der Waals surface area contributed by atoms with Crippen molar-refractivity contribution >= 4 is 35.1 Å². The Labute approximate surface area is 132 Å². The number of fused-ring (bicyclic) bond motifs is 1. The van der Waals surface area contributed by atoms with E-state index in [4.69, 9.17) is 11.6 Å². The van der Waals surface area contributed by atoms with Crippen molar-refractivity contribution in [2.75, 3.05) is 11.1 Å². The molecule has 2 aromatic rings. The Hall–Kier alpha value is -1.46. The molecule has 0 radical (unpaired) electrons. The van der Waals surface area contributed by atoms with Crippen molar-refractivity contribution in [2.24, 2.45) is 5.92 Å². The van der Waals surface area contributed by atoms with Crippen LogP contribution in [0.3, 0.4) is 0 Å². The molecule has 1 atom stereocenters. The second-order valence-electron chi connectivity index (χ2n) is 5.36. The maximum atomic E-state index is 12.0. The Morgan fingerprint density at radius 1 is 1.38 bits per heavy atom. The highest BCUT2D eigenvalue weighted by molar-refractivity contribution is 8.00. The van der Waals surface area contributed by atoms with E-state index in [1.807, 2.05) is 30.5 Å². The van der Waals surface area contributed by atoms with Gasteiger partial charge >= 0.3 is 0 Å². The fourth-order valence-corrected chi connectivity index (χ4v) is 3.71. The maximum absolute atomic E-state index is 12.0. The van der Waals surface area contributed by atoms with Crippen molar-refractivity contribution in [3.05, 3.63) is 41.0 Å². The van der Waals surface area contributed by atoms with E-state index in [0.29, 0.717) is 16.7 Å². The van der Waals surface area contributed by atoms with Gasteiger partial charge in [-0.15, -0.1) is 11.8 Å². The number of amides is 1. The third kappa shape index (κ3) is 2.80. The number of carbonyl (C=O) groups excluding carboxylic acids is 1. The molecule has 1 aromatic heterocycles. The zero-order valence-electron chi connectivity index (χ0n) is 11.8. The molecule has 0 bridgehead atoms. The van der Waals surface area contributed by atoms with E-state index in [2.05, 4.69) is 24.3 Å². The van der Waals surface area contributed by atoms with Crippen molar-refractivity contribution in [2.45, 2.75) is 19.1 Å². The summed E-state index contributed by atoms with van der Waals surface area (Å²) in [7, 11) is 0. The van der Waals surface area contributed by atoms with Crippen LogP contribution in [0.5, 0.6) is 0 Å². The molecule has 0 aliphatic carbocycles. The molecular formula is C15H16ClN3OS. The number of halogens is 1. The van der Waals surface area contributed by atoms with Crippen LogP contribution in [0.2, 0.25) is 5.02 Å². The lowest BCUT2D eigenvalue weighted by Crippen LogP contribution is -2.15. The normalized spacial score (nSPS) is 18.3. The van der Waals surface area contributed by atoms with E-state index in [1.165, 1.54) is 0 Å². The number of benzene rings is 1. The number of aromatic nitrogens is 2. The zero-order chi connectivity index (χ0) is 15.0. The van der Waals surface area contributed by atoms with Gasteiger partial charge in [0, 0.05) is 15.8 Å². The number of carbonyl (C=O) groups is 1. The lowest BCUT2D eigenvalue weighted by Gasteiger charge is -2.17. The molecule has 0 saturated heterocycles. The summed E-state index contributed by atoms with van der Waals surface area (Å²) in [6.45, 7) is 4.33. The van der Waals surface area contributed by atoms with Gasteiger partial charge in [0.25, 0.3) is 0 Å². The summed E-state index contributed by atoms with van der Waals surface area (Å²) in [5, 5.41) is 8.37. The third-order valence-electron chi connectivity index (χ3n) is 3.43. The Morgan fingerprint density at radius 3 is 2.76 bits per heavy atom. The molecule has 0 unspecified atom stereocenters. The first-order valence-electron chi connectivity index (χ1n) is 6.81. The van der Waals surface area contributed by atoms with Crippen LogP contribution in [0.1, 0.15) is 24.7 Å². The highest BCUT2D eigenvalue weighted by Gasteiger charge is 2.28. The van der Waals surface area contributed by atoms with Crippen LogP contribution < -0.4 is 5.32 Å². The van der Waals surface area contributed by atoms with Crippen molar-refractivity contribution in [3.8, 4) is 5.69 Å². The van der Waals surface area contributed by atoms with Crippen molar-refractivity contribution in [1.29, 1.82) is 0 Å². The quantitative estimate of drug-likeness (QED) is 0.912. The molecule has 1 aliphatic rings. The van der Waals surface area contributed by atoms with E-state index >= 15 is 0 Å². The molecule has 110 valence electrons. The van der Waals surface area contributed by atoms with E-state index in [0.717, 1.165) is 17.1 Å². The Bertz CT molecular complexity index is 666. The largest absolute Gasteiger partial charge is 0.310 e. The number of hydrogen-bond donors (Lipinski definition) is 1. The summed E-state index contributed by atoms with van der Waals surface area (Å²) in [6.07, 6.45) is 1.85. The molecular weight excluding hydrogens is 306 g/mol. The molecule has 1 aromatic carbocycles. The molecule has 0 fully saturated rings. The van der Waals surface area contributed by atoms with Crippen molar-refractivity contribution < 1.29 is 4.79 Å². The summed E-state index contributed by atoms with van der Waals surface area (Å²) in [5.74, 6) is 1.69. The SMILES string of the molecule is CC(C)[C@H]1SCC(=O)Nc2c1cnn2-c1ccc(Cl)cc1. The van der Waals surface area contributed by atoms with Gasteiger partial charge in [0.15, 0.2) is 0 Å². The van der Waals surface area contributed by atoms with Gasteiger partial charge in [0.2, 0.25) is 5.91 Å². The van der Waals surface area contributed by atoms with Gasteiger partial charge in [0.05, 0.1) is 17.6 Å². The van der Waals surface area contributed by atoms with E-state index < -0.39 is 0 Å². The number of nitrogens with zero attached hydrogens (tertiary/aromatic N) is 2. The van der Waals surface area contributed by atoms with Gasteiger partial charge in [-0.25, -0.2) is 4.68 Å². The fraction of sp³-hybridized carbons (Fsp3) is 0.333. The van der Waals surface area contributed by atoms with Crippen LogP contribution in [0.25, 0.3) is 5.69 Å². The molecule has 0 saturated carbocycles. The van der Waals surface area contributed by atoms with E-state index in [9.17, 15) is 4.79 Å². The Kier molecular flexibility index (Phi) is 3.95. The van der Waals surface area contributed by atoms with E-state index in [1.54, 1.807) is 16.4 Å². The molecule has 0 spiro atoms. The van der Waals surface area contributed by atoms with Gasteiger partial charge in [-0.2, -0.15) is 5.10 Å². The summed E-state index contributed by atoms with van der Waals surface area (Å²) >= 11 is 7.60. The van der Waals surface area contributed by atoms with Crippen LogP contribution in [0.4, 0.5) is 5.82 Å². The predicted molar refractivity (Wildman–Crippen MR) is 87.2 cm³/mol. The zero-order valence-corrected chi connectivity index (χ0v) is 13.4. The van der Waals surface area contributed by atoms with Crippen LogP contribution in [0.15, 0.2) is 30.5 Å². The molecule has 1 amide bonds. The van der Waals surface area contributed by atoms with Crippen LogP contribution in [-0.4, -0.2) is 21.4 Å². The average molecular weight is 322 g/mol. The summed E-state index contributed by atoms with van der Waals surface area (Å²) in [4.78, 5) is 12.0. The average Bonchev–Trinajstić information content (AvgIpc) is 2.75. The molecule has 6 heteroatoms. The van der Waals surface area contributed by atoms with Gasteiger partial charge in [0.1, 0.15) is 5.82 Å². The standard InChI is InChI=1S/C15H16ClN3OS/c1-9(2)14-12-7-17-19(11-5-3-10(16)4-6-11)15(12)18-13(20)8-21-14/h3-7,9,14H,8H2,1-2H3,(H,18,20)/t14-/m1/s1. The van der Waals surface area contributed by atoms with Crippen molar-refractivity contribution in [3.63, 3.8) is 0 Å². The van der Waals surface area contributed by atoms with Gasteiger partial charge in [-0.1, -0.05) is 25.4 Å². The maximum Gasteiger partial charge on any atom is 0.235 e. The minimum atomic E-state index is 0.0140. The number of rotatable bonds is 2. The monoisotopic (exact) mass is 321 g/mol. The molecule has 1 N–H and O–H groups in total. The first-order valence-corrected chi connectivity index (χ1v) is 8.24. The Balaban J connectivity index is 2.09. The predicted octanol–water partition coefficient (Wildman–Crippen LogP) is 3.91. The minimum Gasteiger partial charge on any atom is -0.310 e. The number of anilines is 1. The lowest BCUT2D eigenvalue weighted by molar-refractivity contribution is -0.113. The van der Waals surface area contributed by atoms with Gasteiger partial charge in [-0.3, -0.25) is 4.79 Å². The number of nitrogens with one attached hydrogen (secondary N) is 1. The number of hydrogen-bond acceptors (Lipinski definition) is 3. The molecule has 3 rings (SSSR count). The smallest absolute Gasteiger partial charge is 0.235 e. The van der Waals surface area contributed by atoms with Crippen LogP contribution in [-0.2, 0) is 4.79 Å². The highest BCUT2D eigenvalue weighted by Crippen LogP contribution is 2.42. The van der Waals surface area contributed by atoms with E-state index in [-0.39, 0.29) is 11.2 Å². The molecule has 1 aliphatic heterocycles. The van der Waals surface area contributed by atoms with Gasteiger partial charge in [-0.05, 0) is 30.2 Å². The summed E-state index contributed by atoms with van der Waals surface area (Å²) < 4.78 is 1.77. The summed E-state index contributed by atoms with van der Waals surface area (Å²) in [5.41, 5.74) is 1.96. The van der Waals surface area contributed by atoms with Crippen LogP contribution in [0, 0.1) is 5.92 Å². The van der Waals surface area contributed by atoms with Crippen LogP contribution >= 0.6 is 23.4 Å². The first kappa shape index (κ1) is 14.5. The topological polar surface area (TPSA) is 46.9 Å². The van der Waals surface area contributed by atoms with Gasteiger partial charge < -0.3 is 5.32 Å². The first-order chi connectivity index (χ1) is 10.1. The highest BCUT2D eigenvalue weighted by atomic mass is 35.5. The third-order valence-corrected chi connectivity index (χ3v) is 5.27. The molecule has 21 heavy (non-hydrogen) atoms. The Morgan fingerprint density at radius 2 is 2.10 bits per heavy atom. The second kappa shape index (κ2) is 5.73.